The zero-order valence-corrected chi connectivity index (χ0v) is 28.5. The summed E-state index contributed by atoms with van der Waals surface area (Å²) in [7, 11) is 1.46. The number of hydrogen-bond acceptors (Lipinski definition) is 7. The van der Waals surface area contributed by atoms with Gasteiger partial charge in [-0.3, -0.25) is 9.59 Å². The molecular formula is C38H56O7. The summed E-state index contributed by atoms with van der Waals surface area (Å²) in [5, 5.41) is 0. The Labute approximate surface area is 270 Å². The zero-order valence-electron chi connectivity index (χ0n) is 28.5. The standard InChI is InChI=1S/C38H56O7/c1-24(9-7-8-10-35(41)42-6)31-14-15-32-30-13-12-28-22-29(17-19-37(28,4)33(30)18-20-38(31,32)5)44-36-16-11-27(21-25(2)39)34(45-36)23-43-26(3)40/h9,11-12,16,27,29-34,36H,7-8,10,13-15,17-23H2,1-6H3/t27-,29+,30+,31-,32+,33+,34-,36?,37+,38-/m1/s1. The number of esters is 2. The molecule has 7 heteroatoms. The van der Waals surface area contributed by atoms with Crippen molar-refractivity contribution >= 4 is 17.7 Å². The average Bonchev–Trinajstić information content (AvgIpc) is 3.36. The molecule has 45 heavy (non-hydrogen) atoms. The second-order valence-corrected chi connectivity index (χ2v) is 15.2. The van der Waals surface area contributed by atoms with Crippen LogP contribution in [0.5, 0.6) is 0 Å². The third-order valence-electron chi connectivity index (χ3n) is 12.5. The van der Waals surface area contributed by atoms with Crippen molar-refractivity contribution in [2.45, 2.75) is 130 Å². The molecule has 0 radical (unpaired) electrons. The summed E-state index contributed by atoms with van der Waals surface area (Å²) in [6.07, 6.45) is 20.3. The van der Waals surface area contributed by atoms with Gasteiger partial charge in [0.05, 0.1) is 13.2 Å². The molecule has 0 aromatic rings. The lowest BCUT2D eigenvalue weighted by molar-refractivity contribution is -0.201. The van der Waals surface area contributed by atoms with E-state index in [0.29, 0.717) is 24.2 Å². The number of ether oxygens (including phenoxy) is 4. The van der Waals surface area contributed by atoms with Crippen LogP contribution in [0.4, 0.5) is 0 Å². The lowest BCUT2D eigenvalue weighted by atomic mass is 9.47. The molecule has 10 atom stereocenters. The van der Waals surface area contributed by atoms with E-state index in [9.17, 15) is 14.4 Å². The van der Waals surface area contributed by atoms with Crippen LogP contribution in [0.1, 0.15) is 112 Å². The quantitative estimate of drug-likeness (QED) is 0.132. The second-order valence-electron chi connectivity index (χ2n) is 15.2. The van der Waals surface area contributed by atoms with Crippen LogP contribution >= 0.6 is 0 Å². The maximum Gasteiger partial charge on any atom is 0.305 e. The van der Waals surface area contributed by atoms with Crippen LogP contribution in [0.2, 0.25) is 0 Å². The maximum atomic E-state index is 11.8. The molecule has 250 valence electrons. The van der Waals surface area contributed by atoms with Gasteiger partial charge in [-0.2, -0.15) is 0 Å². The summed E-state index contributed by atoms with van der Waals surface area (Å²) < 4.78 is 22.9. The van der Waals surface area contributed by atoms with E-state index in [1.807, 2.05) is 12.2 Å². The van der Waals surface area contributed by atoms with E-state index in [0.717, 1.165) is 49.9 Å². The summed E-state index contributed by atoms with van der Waals surface area (Å²) >= 11 is 0. The van der Waals surface area contributed by atoms with Crippen molar-refractivity contribution in [3.8, 4) is 0 Å². The number of carbonyl (C=O) groups is 3. The topological polar surface area (TPSA) is 88.1 Å². The second kappa shape index (κ2) is 14.3. The summed E-state index contributed by atoms with van der Waals surface area (Å²) in [6.45, 7) is 10.5. The monoisotopic (exact) mass is 624 g/mol. The normalized spacial score (nSPS) is 39.2. The fourth-order valence-electron chi connectivity index (χ4n) is 10.1. The van der Waals surface area contributed by atoms with Gasteiger partial charge in [0.25, 0.3) is 0 Å². The number of ketones is 1. The molecule has 0 amide bonds. The van der Waals surface area contributed by atoms with Crippen LogP contribution in [-0.4, -0.2) is 49.9 Å². The van der Waals surface area contributed by atoms with Gasteiger partial charge in [-0.15, -0.1) is 0 Å². The maximum absolute atomic E-state index is 11.8. The Kier molecular flexibility index (Phi) is 10.8. The van der Waals surface area contributed by atoms with Crippen LogP contribution in [0.15, 0.2) is 35.5 Å². The highest BCUT2D eigenvalue weighted by molar-refractivity contribution is 5.76. The van der Waals surface area contributed by atoms with Gasteiger partial charge < -0.3 is 23.7 Å². The minimum Gasteiger partial charge on any atom is -0.469 e. The van der Waals surface area contributed by atoms with Crippen molar-refractivity contribution in [2.75, 3.05) is 13.7 Å². The van der Waals surface area contributed by atoms with E-state index in [2.05, 4.69) is 32.9 Å². The minimum atomic E-state index is -0.498. The van der Waals surface area contributed by atoms with Gasteiger partial charge in [0, 0.05) is 25.7 Å². The Balaban J connectivity index is 1.21. The highest BCUT2D eigenvalue weighted by Gasteiger charge is 2.58. The van der Waals surface area contributed by atoms with Crippen molar-refractivity contribution in [1.82, 2.24) is 0 Å². The third kappa shape index (κ3) is 7.35. The van der Waals surface area contributed by atoms with Crippen molar-refractivity contribution in [3.63, 3.8) is 0 Å². The number of rotatable bonds is 11. The lowest BCUT2D eigenvalue weighted by Crippen LogP contribution is -2.50. The van der Waals surface area contributed by atoms with Crippen molar-refractivity contribution in [1.29, 1.82) is 0 Å². The molecule has 4 aliphatic carbocycles. The van der Waals surface area contributed by atoms with E-state index in [1.165, 1.54) is 51.7 Å². The Morgan fingerprint density at radius 2 is 1.82 bits per heavy atom. The van der Waals surface area contributed by atoms with Crippen LogP contribution in [-0.2, 0) is 33.3 Å². The minimum absolute atomic E-state index is 0.0877. The first-order chi connectivity index (χ1) is 21.4. The SMILES string of the molecule is COC(=O)CCCC=C(C)[C@H]1CC[C@H]2[C@@H]3CC=C4C[C@@H](OC5C=C[C@H](CC(C)=O)[C@@H](COC(C)=O)O5)CC[C@]4(C)[C@H]3CC[C@]12C. The first-order valence-electron chi connectivity index (χ1n) is 17.5. The number of hydrogen-bond donors (Lipinski definition) is 0. The highest BCUT2D eigenvalue weighted by Crippen LogP contribution is 2.67. The summed E-state index contributed by atoms with van der Waals surface area (Å²) in [5.74, 6) is 2.39. The third-order valence-corrected chi connectivity index (χ3v) is 12.5. The van der Waals surface area contributed by atoms with E-state index in [1.54, 1.807) is 12.5 Å². The van der Waals surface area contributed by atoms with Crippen molar-refractivity contribution in [2.24, 2.45) is 40.4 Å². The molecule has 5 aliphatic rings. The van der Waals surface area contributed by atoms with Gasteiger partial charge in [0.2, 0.25) is 0 Å². The number of carbonyl (C=O) groups excluding carboxylic acids is 3. The van der Waals surface area contributed by atoms with Gasteiger partial charge in [-0.05, 0) is 119 Å². The van der Waals surface area contributed by atoms with Gasteiger partial charge in [0.15, 0.2) is 6.29 Å². The molecule has 0 aromatic heterocycles. The number of allylic oxidation sites excluding steroid dienone is 3. The van der Waals surface area contributed by atoms with Crippen molar-refractivity contribution < 1.29 is 33.3 Å². The molecule has 7 nitrogen and oxygen atoms in total. The van der Waals surface area contributed by atoms with Gasteiger partial charge in [-0.1, -0.05) is 43.2 Å². The number of methoxy groups -OCH3 is 1. The fourth-order valence-corrected chi connectivity index (χ4v) is 10.1. The summed E-state index contributed by atoms with van der Waals surface area (Å²) in [6, 6.07) is 0. The van der Waals surface area contributed by atoms with Crippen LogP contribution < -0.4 is 0 Å². The summed E-state index contributed by atoms with van der Waals surface area (Å²) in [5.41, 5.74) is 3.69. The predicted octanol–water partition coefficient (Wildman–Crippen LogP) is 7.68. The smallest absolute Gasteiger partial charge is 0.305 e. The van der Waals surface area contributed by atoms with Crippen LogP contribution in [0, 0.1) is 40.4 Å². The first-order valence-corrected chi connectivity index (χ1v) is 17.5. The zero-order chi connectivity index (χ0) is 32.4. The van der Waals surface area contributed by atoms with E-state index < -0.39 is 6.29 Å². The lowest BCUT2D eigenvalue weighted by Gasteiger charge is -2.58. The number of Topliss-reactive ketones (excluding diaryl/α,β-unsaturated/α-hetero) is 1. The Morgan fingerprint density at radius 1 is 1.02 bits per heavy atom. The summed E-state index contributed by atoms with van der Waals surface area (Å²) in [4.78, 5) is 34.8. The Morgan fingerprint density at radius 3 is 2.56 bits per heavy atom. The van der Waals surface area contributed by atoms with E-state index in [4.69, 9.17) is 18.9 Å². The fraction of sp³-hybridized carbons (Fsp3) is 0.763. The molecule has 3 saturated carbocycles. The van der Waals surface area contributed by atoms with Gasteiger partial charge in [-0.25, -0.2) is 0 Å². The molecule has 1 aliphatic heterocycles. The Hall–Kier alpha value is -2.25. The molecule has 1 unspecified atom stereocenters. The molecular weight excluding hydrogens is 568 g/mol. The highest BCUT2D eigenvalue weighted by atomic mass is 16.7. The molecule has 0 aromatic carbocycles. The van der Waals surface area contributed by atoms with Crippen molar-refractivity contribution in [3.05, 3.63) is 35.5 Å². The molecule has 1 heterocycles. The number of unbranched alkanes of at least 4 members (excludes halogenated alkanes) is 1. The predicted molar refractivity (Wildman–Crippen MR) is 173 cm³/mol. The van der Waals surface area contributed by atoms with Crippen LogP contribution in [0.3, 0.4) is 0 Å². The van der Waals surface area contributed by atoms with E-state index >= 15 is 0 Å². The van der Waals surface area contributed by atoms with Crippen LogP contribution in [0.25, 0.3) is 0 Å². The first kappa shape index (κ1) is 34.1. The van der Waals surface area contributed by atoms with E-state index in [-0.39, 0.29) is 47.9 Å². The molecule has 0 spiro atoms. The van der Waals surface area contributed by atoms with Gasteiger partial charge >= 0.3 is 11.9 Å². The molecule has 0 N–H and O–H groups in total. The number of fused-ring (bicyclic) bond motifs is 5. The molecule has 5 rings (SSSR count). The molecule has 3 fully saturated rings. The molecule has 0 saturated heterocycles. The largest absolute Gasteiger partial charge is 0.469 e. The molecule has 0 bridgehead atoms. The average molecular weight is 625 g/mol. The van der Waals surface area contributed by atoms with Gasteiger partial charge in [0.1, 0.15) is 18.5 Å². The Bertz CT molecular complexity index is 1200.